The standard InChI is InChI=1S/C15H19N3O2/c1-9(2)13(15-16-11(4)18-20-15)17-14(19)12-7-5-10(3)6-8-12/h5-9,13H,1-4H3,(H,17,19). The van der Waals surface area contributed by atoms with Crippen LogP contribution in [0.25, 0.3) is 0 Å². The van der Waals surface area contributed by atoms with Crippen LogP contribution in [0.1, 0.15) is 47.5 Å². The summed E-state index contributed by atoms with van der Waals surface area (Å²) in [6.07, 6.45) is 0. The second-order valence-corrected chi connectivity index (χ2v) is 5.24. The predicted molar refractivity (Wildman–Crippen MR) is 75.3 cm³/mol. The molecule has 0 aliphatic rings. The lowest BCUT2D eigenvalue weighted by Crippen LogP contribution is -2.32. The van der Waals surface area contributed by atoms with E-state index in [1.807, 2.05) is 32.9 Å². The molecule has 2 aromatic rings. The number of carbonyl (C=O) groups is 1. The molecule has 0 saturated heterocycles. The van der Waals surface area contributed by atoms with Gasteiger partial charge in [-0.05, 0) is 31.9 Å². The van der Waals surface area contributed by atoms with E-state index in [4.69, 9.17) is 4.52 Å². The molecular weight excluding hydrogens is 254 g/mol. The smallest absolute Gasteiger partial charge is 0.251 e. The predicted octanol–water partition coefficient (Wildman–Crippen LogP) is 2.81. The topological polar surface area (TPSA) is 68.0 Å². The van der Waals surface area contributed by atoms with Gasteiger partial charge in [-0.25, -0.2) is 0 Å². The number of rotatable bonds is 4. The van der Waals surface area contributed by atoms with E-state index in [-0.39, 0.29) is 17.9 Å². The van der Waals surface area contributed by atoms with Crippen molar-refractivity contribution in [2.45, 2.75) is 33.7 Å². The van der Waals surface area contributed by atoms with Crippen molar-refractivity contribution in [2.24, 2.45) is 5.92 Å². The molecule has 2 rings (SSSR count). The van der Waals surface area contributed by atoms with Crippen LogP contribution in [-0.2, 0) is 0 Å². The van der Waals surface area contributed by atoms with Crippen molar-refractivity contribution in [3.8, 4) is 0 Å². The molecule has 1 heterocycles. The van der Waals surface area contributed by atoms with E-state index in [2.05, 4.69) is 15.5 Å². The van der Waals surface area contributed by atoms with E-state index in [0.29, 0.717) is 17.3 Å². The number of benzene rings is 1. The molecule has 0 aliphatic carbocycles. The van der Waals surface area contributed by atoms with Gasteiger partial charge in [0.15, 0.2) is 5.82 Å². The third-order valence-electron chi connectivity index (χ3n) is 3.08. The average Bonchev–Trinajstić information content (AvgIpc) is 2.82. The molecule has 5 nitrogen and oxygen atoms in total. The first-order valence-electron chi connectivity index (χ1n) is 6.65. The summed E-state index contributed by atoms with van der Waals surface area (Å²) < 4.78 is 5.17. The van der Waals surface area contributed by atoms with Gasteiger partial charge in [-0.3, -0.25) is 4.79 Å². The number of aromatic nitrogens is 2. The van der Waals surface area contributed by atoms with Crippen LogP contribution >= 0.6 is 0 Å². The summed E-state index contributed by atoms with van der Waals surface area (Å²) in [6.45, 7) is 7.74. The Morgan fingerprint density at radius 2 is 1.85 bits per heavy atom. The molecule has 1 amide bonds. The molecule has 20 heavy (non-hydrogen) atoms. The maximum absolute atomic E-state index is 12.2. The van der Waals surface area contributed by atoms with Gasteiger partial charge in [0.05, 0.1) is 0 Å². The summed E-state index contributed by atoms with van der Waals surface area (Å²) in [5.74, 6) is 1.02. The van der Waals surface area contributed by atoms with Crippen molar-refractivity contribution < 1.29 is 9.32 Å². The Hall–Kier alpha value is -2.17. The first-order chi connectivity index (χ1) is 9.47. The second kappa shape index (κ2) is 5.86. The summed E-state index contributed by atoms with van der Waals surface area (Å²) in [7, 11) is 0. The lowest BCUT2D eigenvalue weighted by molar-refractivity contribution is 0.0914. The van der Waals surface area contributed by atoms with Gasteiger partial charge in [-0.15, -0.1) is 0 Å². The van der Waals surface area contributed by atoms with Crippen molar-refractivity contribution >= 4 is 5.91 Å². The highest BCUT2D eigenvalue weighted by Gasteiger charge is 2.24. The molecule has 0 saturated carbocycles. The Kier molecular flexibility index (Phi) is 4.17. The fourth-order valence-electron chi connectivity index (χ4n) is 1.88. The highest BCUT2D eigenvalue weighted by atomic mass is 16.5. The normalized spacial score (nSPS) is 12.4. The van der Waals surface area contributed by atoms with Gasteiger partial charge in [-0.2, -0.15) is 4.98 Å². The van der Waals surface area contributed by atoms with Gasteiger partial charge >= 0.3 is 0 Å². The summed E-state index contributed by atoms with van der Waals surface area (Å²) in [5, 5.41) is 6.72. The SMILES string of the molecule is Cc1ccc(C(=O)NC(c2nc(C)no2)C(C)C)cc1. The van der Waals surface area contributed by atoms with Gasteiger partial charge in [-0.1, -0.05) is 36.7 Å². The summed E-state index contributed by atoms with van der Waals surface area (Å²) in [6, 6.07) is 7.15. The first-order valence-corrected chi connectivity index (χ1v) is 6.65. The quantitative estimate of drug-likeness (QED) is 0.930. The Morgan fingerprint density at radius 3 is 2.35 bits per heavy atom. The van der Waals surface area contributed by atoms with Crippen molar-refractivity contribution in [1.29, 1.82) is 0 Å². The van der Waals surface area contributed by atoms with Crippen LogP contribution < -0.4 is 5.32 Å². The lowest BCUT2D eigenvalue weighted by atomic mass is 10.0. The zero-order chi connectivity index (χ0) is 14.7. The number of carbonyl (C=O) groups excluding carboxylic acids is 1. The maximum Gasteiger partial charge on any atom is 0.251 e. The molecule has 0 spiro atoms. The van der Waals surface area contributed by atoms with Crippen molar-refractivity contribution in [1.82, 2.24) is 15.5 Å². The van der Waals surface area contributed by atoms with Crippen LogP contribution in [0.4, 0.5) is 0 Å². The molecule has 0 fully saturated rings. The van der Waals surface area contributed by atoms with E-state index in [1.165, 1.54) is 0 Å². The van der Waals surface area contributed by atoms with Crippen molar-refractivity contribution in [3.63, 3.8) is 0 Å². The Bertz CT molecular complexity index is 587. The number of hydrogen-bond donors (Lipinski definition) is 1. The molecule has 5 heteroatoms. The van der Waals surface area contributed by atoms with E-state index in [0.717, 1.165) is 5.56 Å². The van der Waals surface area contributed by atoms with E-state index in [1.54, 1.807) is 19.1 Å². The van der Waals surface area contributed by atoms with E-state index < -0.39 is 0 Å². The fourth-order valence-corrected chi connectivity index (χ4v) is 1.88. The number of amides is 1. The largest absolute Gasteiger partial charge is 0.340 e. The van der Waals surface area contributed by atoms with Gasteiger partial charge < -0.3 is 9.84 Å². The Labute approximate surface area is 118 Å². The molecule has 1 aromatic carbocycles. The Balaban J connectivity index is 2.16. The monoisotopic (exact) mass is 273 g/mol. The molecule has 1 N–H and O–H groups in total. The highest BCUT2D eigenvalue weighted by molar-refractivity contribution is 5.94. The molecule has 1 aromatic heterocycles. The van der Waals surface area contributed by atoms with Gasteiger partial charge in [0.2, 0.25) is 5.89 Å². The molecule has 1 unspecified atom stereocenters. The van der Waals surface area contributed by atoms with Crippen LogP contribution in [0.15, 0.2) is 28.8 Å². The third-order valence-corrected chi connectivity index (χ3v) is 3.08. The van der Waals surface area contributed by atoms with Gasteiger partial charge in [0.1, 0.15) is 6.04 Å². The molecule has 0 radical (unpaired) electrons. The number of aryl methyl sites for hydroxylation is 2. The third kappa shape index (κ3) is 3.23. The summed E-state index contributed by atoms with van der Waals surface area (Å²) in [4.78, 5) is 16.5. The minimum Gasteiger partial charge on any atom is -0.340 e. The van der Waals surface area contributed by atoms with Crippen molar-refractivity contribution in [3.05, 3.63) is 47.1 Å². The second-order valence-electron chi connectivity index (χ2n) is 5.24. The highest BCUT2D eigenvalue weighted by Crippen LogP contribution is 2.20. The minimum atomic E-state index is -0.287. The van der Waals surface area contributed by atoms with Crippen LogP contribution in [-0.4, -0.2) is 16.0 Å². The van der Waals surface area contributed by atoms with Gasteiger partial charge in [0.25, 0.3) is 5.91 Å². The van der Waals surface area contributed by atoms with E-state index >= 15 is 0 Å². The zero-order valence-corrected chi connectivity index (χ0v) is 12.2. The number of nitrogens with one attached hydrogen (secondary N) is 1. The number of nitrogens with zero attached hydrogens (tertiary/aromatic N) is 2. The zero-order valence-electron chi connectivity index (χ0n) is 12.2. The molecule has 0 aliphatic heterocycles. The number of hydrogen-bond acceptors (Lipinski definition) is 4. The van der Waals surface area contributed by atoms with Gasteiger partial charge in [0, 0.05) is 5.56 Å². The minimum absolute atomic E-state index is 0.139. The summed E-state index contributed by atoms with van der Waals surface area (Å²) in [5.41, 5.74) is 1.74. The van der Waals surface area contributed by atoms with E-state index in [9.17, 15) is 4.79 Å². The molecular formula is C15H19N3O2. The average molecular weight is 273 g/mol. The molecule has 0 bridgehead atoms. The maximum atomic E-state index is 12.2. The van der Waals surface area contributed by atoms with Crippen LogP contribution in [0.2, 0.25) is 0 Å². The van der Waals surface area contributed by atoms with Crippen LogP contribution in [0.3, 0.4) is 0 Å². The summed E-state index contributed by atoms with van der Waals surface area (Å²) >= 11 is 0. The van der Waals surface area contributed by atoms with Crippen LogP contribution in [0, 0.1) is 19.8 Å². The van der Waals surface area contributed by atoms with Crippen LogP contribution in [0.5, 0.6) is 0 Å². The first kappa shape index (κ1) is 14.2. The lowest BCUT2D eigenvalue weighted by Gasteiger charge is -2.18. The Morgan fingerprint density at radius 1 is 1.20 bits per heavy atom. The van der Waals surface area contributed by atoms with Crippen molar-refractivity contribution in [2.75, 3.05) is 0 Å². The fraction of sp³-hybridized carbons (Fsp3) is 0.400. The molecule has 1 atom stereocenters. The molecule has 106 valence electrons.